The number of nitrogens with zero attached hydrogens (tertiary/aromatic N) is 1. The van der Waals surface area contributed by atoms with Crippen LogP contribution in [0.15, 0.2) is 24.3 Å². The Morgan fingerprint density at radius 2 is 2.10 bits per heavy atom. The molecule has 0 bridgehead atoms. The first-order valence-electron chi connectivity index (χ1n) is 5.99. The summed E-state index contributed by atoms with van der Waals surface area (Å²) in [5.74, 6) is -1.52. The smallest absolute Gasteiger partial charge is 0.335 e. The number of carboxylic acids is 1. The molecule has 0 saturated carbocycles. The van der Waals surface area contributed by atoms with Crippen molar-refractivity contribution >= 4 is 27.6 Å². The Balaban J connectivity index is 2.01. The average Bonchev–Trinajstić information content (AvgIpc) is 2.69. The van der Waals surface area contributed by atoms with Gasteiger partial charge in [0.1, 0.15) is 0 Å². The minimum atomic E-state index is -3.32. The van der Waals surface area contributed by atoms with E-state index in [1.165, 1.54) is 18.2 Å². The number of nitrogens with one attached hydrogen (secondary N) is 1. The lowest BCUT2D eigenvalue weighted by molar-refractivity contribution is -0.116. The number of amides is 1. The van der Waals surface area contributed by atoms with Gasteiger partial charge in [-0.15, -0.1) is 0 Å². The van der Waals surface area contributed by atoms with Crippen LogP contribution in [0.2, 0.25) is 0 Å². The summed E-state index contributed by atoms with van der Waals surface area (Å²) in [6.07, 6.45) is 0.518. The third-order valence-corrected chi connectivity index (χ3v) is 4.82. The zero-order chi connectivity index (χ0) is 14.8. The Labute approximate surface area is 116 Å². The number of hydrogen-bond donors (Lipinski definition) is 2. The van der Waals surface area contributed by atoms with Crippen molar-refractivity contribution in [3.05, 3.63) is 29.8 Å². The average molecular weight is 298 g/mol. The molecule has 7 nitrogen and oxygen atoms in total. The predicted octanol–water partition coefficient (Wildman–Crippen LogP) is 0.359. The highest BCUT2D eigenvalue weighted by molar-refractivity contribution is 7.89. The number of aromatic carboxylic acids is 1. The van der Waals surface area contributed by atoms with Crippen LogP contribution in [0.25, 0.3) is 0 Å². The van der Waals surface area contributed by atoms with Crippen molar-refractivity contribution in [2.45, 2.75) is 6.42 Å². The molecule has 1 heterocycles. The van der Waals surface area contributed by atoms with E-state index in [-0.39, 0.29) is 17.9 Å². The van der Waals surface area contributed by atoms with Gasteiger partial charge in [0.25, 0.3) is 0 Å². The first-order chi connectivity index (χ1) is 9.38. The summed E-state index contributed by atoms with van der Waals surface area (Å²) >= 11 is 0. The fourth-order valence-corrected chi connectivity index (χ4v) is 3.43. The van der Waals surface area contributed by atoms with Crippen molar-refractivity contribution in [2.24, 2.45) is 0 Å². The van der Waals surface area contributed by atoms with E-state index in [1.807, 2.05) is 0 Å². The van der Waals surface area contributed by atoms with Crippen molar-refractivity contribution < 1.29 is 23.1 Å². The van der Waals surface area contributed by atoms with Crippen molar-refractivity contribution in [3.8, 4) is 0 Å². The summed E-state index contributed by atoms with van der Waals surface area (Å²) in [5, 5.41) is 11.3. The molecule has 0 unspecified atom stereocenters. The van der Waals surface area contributed by atoms with Crippen molar-refractivity contribution in [1.29, 1.82) is 0 Å². The second-order valence-electron chi connectivity index (χ2n) is 4.44. The fourth-order valence-electron chi connectivity index (χ4n) is 1.96. The van der Waals surface area contributed by atoms with Gasteiger partial charge in [0.15, 0.2) is 0 Å². The van der Waals surface area contributed by atoms with Crippen molar-refractivity contribution in [3.63, 3.8) is 0 Å². The van der Waals surface area contributed by atoms with Crippen LogP contribution in [-0.4, -0.2) is 48.5 Å². The number of sulfonamides is 1. The van der Waals surface area contributed by atoms with Crippen LogP contribution in [0, 0.1) is 0 Å². The molecule has 0 radical (unpaired) electrons. The third-order valence-electron chi connectivity index (χ3n) is 2.92. The zero-order valence-electron chi connectivity index (χ0n) is 10.6. The molecule has 2 N–H and O–H groups in total. The van der Waals surface area contributed by atoms with Gasteiger partial charge in [-0.2, -0.15) is 4.31 Å². The van der Waals surface area contributed by atoms with Gasteiger partial charge in [-0.1, -0.05) is 6.07 Å². The molecular weight excluding hydrogens is 284 g/mol. The minimum absolute atomic E-state index is 0.0524. The zero-order valence-corrected chi connectivity index (χ0v) is 11.4. The Morgan fingerprint density at radius 1 is 1.35 bits per heavy atom. The second-order valence-corrected chi connectivity index (χ2v) is 6.53. The quantitative estimate of drug-likeness (QED) is 0.835. The lowest BCUT2D eigenvalue weighted by Gasteiger charge is -2.14. The summed E-state index contributed by atoms with van der Waals surface area (Å²) in [6, 6.07) is 5.77. The van der Waals surface area contributed by atoms with Crippen LogP contribution in [0.5, 0.6) is 0 Å². The number of carbonyl (C=O) groups is 2. The van der Waals surface area contributed by atoms with Gasteiger partial charge in [-0.3, -0.25) is 4.79 Å². The van der Waals surface area contributed by atoms with E-state index >= 15 is 0 Å². The van der Waals surface area contributed by atoms with E-state index in [1.54, 1.807) is 6.07 Å². The van der Waals surface area contributed by atoms with E-state index in [0.29, 0.717) is 18.7 Å². The summed E-state index contributed by atoms with van der Waals surface area (Å²) in [4.78, 5) is 22.6. The van der Waals surface area contributed by atoms with Crippen LogP contribution >= 0.6 is 0 Å². The standard InChI is InChI=1S/C12H14N2O5S/c15-11(8-14-5-2-6-20(14,18)19)13-10-4-1-3-9(7-10)12(16)17/h1,3-4,7H,2,5-6,8H2,(H,13,15)(H,16,17). The highest BCUT2D eigenvalue weighted by atomic mass is 32.2. The molecule has 8 heteroatoms. The predicted molar refractivity (Wildman–Crippen MR) is 72.0 cm³/mol. The first-order valence-corrected chi connectivity index (χ1v) is 7.60. The normalized spacial score (nSPS) is 17.8. The molecule has 1 aromatic carbocycles. The van der Waals surface area contributed by atoms with Crippen LogP contribution in [-0.2, 0) is 14.8 Å². The monoisotopic (exact) mass is 298 g/mol. The fraction of sp³-hybridized carbons (Fsp3) is 0.333. The second kappa shape index (κ2) is 5.59. The lowest BCUT2D eigenvalue weighted by atomic mass is 10.2. The number of rotatable bonds is 4. The Morgan fingerprint density at radius 3 is 2.70 bits per heavy atom. The van der Waals surface area contributed by atoms with Crippen LogP contribution in [0.1, 0.15) is 16.8 Å². The van der Waals surface area contributed by atoms with Gasteiger partial charge in [0, 0.05) is 12.2 Å². The highest BCUT2D eigenvalue weighted by Gasteiger charge is 2.29. The summed E-state index contributed by atoms with van der Waals surface area (Å²) in [6.45, 7) is 0.0878. The maximum atomic E-state index is 11.8. The molecule has 2 rings (SSSR count). The largest absolute Gasteiger partial charge is 0.478 e. The Kier molecular flexibility index (Phi) is 4.05. The molecule has 1 fully saturated rings. The maximum Gasteiger partial charge on any atom is 0.335 e. The van der Waals surface area contributed by atoms with Crippen molar-refractivity contribution in [1.82, 2.24) is 4.31 Å². The molecule has 1 aliphatic rings. The van der Waals surface area contributed by atoms with Crippen LogP contribution in [0.4, 0.5) is 5.69 Å². The molecule has 20 heavy (non-hydrogen) atoms. The molecule has 1 amide bonds. The van der Waals surface area contributed by atoms with Gasteiger partial charge in [-0.05, 0) is 24.6 Å². The summed E-state index contributed by atoms with van der Waals surface area (Å²) in [5.41, 5.74) is 0.378. The molecule has 108 valence electrons. The number of carbonyl (C=O) groups excluding carboxylic acids is 1. The molecule has 0 atom stereocenters. The van der Waals surface area contributed by atoms with Crippen LogP contribution < -0.4 is 5.32 Å². The summed E-state index contributed by atoms with van der Waals surface area (Å²) in [7, 11) is -3.32. The molecule has 1 aromatic rings. The van der Waals surface area contributed by atoms with Gasteiger partial charge in [-0.25, -0.2) is 13.2 Å². The van der Waals surface area contributed by atoms with Gasteiger partial charge >= 0.3 is 5.97 Å². The molecule has 0 aliphatic carbocycles. The molecule has 1 saturated heterocycles. The highest BCUT2D eigenvalue weighted by Crippen LogP contribution is 2.14. The van der Waals surface area contributed by atoms with Crippen LogP contribution in [0.3, 0.4) is 0 Å². The molecule has 0 spiro atoms. The topological polar surface area (TPSA) is 104 Å². The Hall–Kier alpha value is -1.93. The Bertz CT molecular complexity index is 641. The first kappa shape index (κ1) is 14.5. The van der Waals surface area contributed by atoms with E-state index in [2.05, 4.69) is 5.32 Å². The van der Waals surface area contributed by atoms with E-state index < -0.39 is 21.9 Å². The molecular formula is C12H14N2O5S. The van der Waals surface area contributed by atoms with E-state index in [0.717, 1.165) is 4.31 Å². The van der Waals surface area contributed by atoms with Crippen molar-refractivity contribution in [2.75, 3.05) is 24.2 Å². The molecule has 1 aliphatic heterocycles. The number of carboxylic acid groups (broad SMARTS) is 1. The molecule has 0 aromatic heterocycles. The third kappa shape index (κ3) is 3.34. The van der Waals surface area contributed by atoms with E-state index in [9.17, 15) is 18.0 Å². The number of benzene rings is 1. The number of anilines is 1. The van der Waals surface area contributed by atoms with Gasteiger partial charge in [0.2, 0.25) is 15.9 Å². The number of hydrogen-bond acceptors (Lipinski definition) is 4. The summed E-state index contributed by atoms with van der Waals surface area (Å²) < 4.78 is 24.3. The SMILES string of the molecule is O=C(CN1CCCS1(=O)=O)Nc1cccc(C(=O)O)c1. The van der Waals surface area contributed by atoms with Gasteiger partial charge < -0.3 is 10.4 Å². The minimum Gasteiger partial charge on any atom is -0.478 e. The lowest BCUT2D eigenvalue weighted by Crippen LogP contribution is -2.34. The van der Waals surface area contributed by atoms with Gasteiger partial charge in [0.05, 0.1) is 17.9 Å². The van der Waals surface area contributed by atoms with E-state index in [4.69, 9.17) is 5.11 Å². The maximum absolute atomic E-state index is 11.8.